The lowest BCUT2D eigenvalue weighted by molar-refractivity contribution is 0.103. The zero-order chi connectivity index (χ0) is 13.7. The first-order valence-electron chi connectivity index (χ1n) is 6.24. The summed E-state index contributed by atoms with van der Waals surface area (Å²) >= 11 is 0. The van der Waals surface area contributed by atoms with Crippen LogP contribution in [0.2, 0.25) is 0 Å². The Morgan fingerprint density at radius 2 is 1.84 bits per heavy atom. The average molecular weight is 258 g/mol. The Morgan fingerprint density at radius 3 is 2.53 bits per heavy atom. The Labute approximate surface area is 111 Å². The van der Waals surface area contributed by atoms with Crippen molar-refractivity contribution < 1.29 is 13.9 Å². The molecule has 0 saturated heterocycles. The summed E-state index contributed by atoms with van der Waals surface area (Å²) in [7, 11) is 0. The van der Waals surface area contributed by atoms with Crippen molar-refractivity contribution in [2.75, 3.05) is 6.61 Å². The molecule has 0 N–H and O–H groups in total. The fourth-order valence-corrected chi connectivity index (χ4v) is 1.71. The van der Waals surface area contributed by atoms with Crippen molar-refractivity contribution in [3.63, 3.8) is 0 Å². The van der Waals surface area contributed by atoms with Crippen molar-refractivity contribution in [3.8, 4) is 5.75 Å². The highest BCUT2D eigenvalue weighted by Crippen LogP contribution is 2.17. The first-order chi connectivity index (χ1) is 9.20. The molecule has 0 aromatic heterocycles. The van der Waals surface area contributed by atoms with E-state index in [1.807, 2.05) is 13.0 Å². The SMILES string of the molecule is CCCOc1cccc(C(=O)c2ccc(F)cc2)c1. The molecule has 2 rings (SSSR count). The van der Waals surface area contributed by atoms with Gasteiger partial charge in [0.15, 0.2) is 5.78 Å². The van der Waals surface area contributed by atoms with Crippen LogP contribution in [-0.4, -0.2) is 12.4 Å². The van der Waals surface area contributed by atoms with Crippen molar-refractivity contribution >= 4 is 5.78 Å². The number of ketones is 1. The minimum atomic E-state index is -0.350. The molecule has 3 heteroatoms. The van der Waals surface area contributed by atoms with E-state index in [-0.39, 0.29) is 11.6 Å². The topological polar surface area (TPSA) is 26.3 Å². The van der Waals surface area contributed by atoms with E-state index < -0.39 is 0 Å². The van der Waals surface area contributed by atoms with E-state index in [4.69, 9.17) is 4.74 Å². The van der Waals surface area contributed by atoms with E-state index in [9.17, 15) is 9.18 Å². The Morgan fingerprint density at radius 1 is 1.11 bits per heavy atom. The fourth-order valence-electron chi connectivity index (χ4n) is 1.71. The molecule has 19 heavy (non-hydrogen) atoms. The maximum absolute atomic E-state index is 12.8. The number of carbonyl (C=O) groups excluding carboxylic acids is 1. The van der Waals surface area contributed by atoms with Crippen molar-refractivity contribution in [2.24, 2.45) is 0 Å². The number of halogens is 1. The standard InChI is InChI=1S/C16H15FO2/c1-2-10-19-15-5-3-4-13(11-15)16(18)12-6-8-14(17)9-7-12/h3-9,11H,2,10H2,1H3. The molecule has 0 fully saturated rings. The first kappa shape index (κ1) is 13.3. The molecule has 0 radical (unpaired) electrons. The van der Waals surface area contributed by atoms with Gasteiger partial charge in [0.1, 0.15) is 11.6 Å². The molecule has 0 unspecified atom stereocenters. The van der Waals surface area contributed by atoms with Crippen molar-refractivity contribution in [1.29, 1.82) is 0 Å². The molecule has 2 nitrogen and oxygen atoms in total. The maximum atomic E-state index is 12.8. The predicted molar refractivity (Wildman–Crippen MR) is 72.1 cm³/mol. The van der Waals surface area contributed by atoms with Crippen LogP contribution in [0.3, 0.4) is 0 Å². The van der Waals surface area contributed by atoms with Gasteiger partial charge in [-0.25, -0.2) is 4.39 Å². The molecule has 0 aliphatic heterocycles. The largest absolute Gasteiger partial charge is 0.494 e. The third-order valence-electron chi connectivity index (χ3n) is 2.68. The summed E-state index contributed by atoms with van der Waals surface area (Å²) in [6, 6.07) is 12.6. The number of hydrogen-bond acceptors (Lipinski definition) is 2. The third kappa shape index (κ3) is 3.41. The summed E-state index contributed by atoms with van der Waals surface area (Å²) in [4.78, 5) is 12.2. The van der Waals surface area contributed by atoms with Gasteiger partial charge in [0, 0.05) is 11.1 Å². The lowest BCUT2D eigenvalue weighted by atomic mass is 10.0. The second-order valence-electron chi connectivity index (χ2n) is 4.21. The van der Waals surface area contributed by atoms with Gasteiger partial charge in [-0.05, 0) is 42.8 Å². The highest BCUT2D eigenvalue weighted by Gasteiger charge is 2.09. The minimum Gasteiger partial charge on any atom is -0.494 e. The van der Waals surface area contributed by atoms with Crippen LogP contribution in [0.25, 0.3) is 0 Å². The lowest BCUT2D eigenvalue weighted by Gasteiger charge is -2.06. The van der Waals surface area contributed by atoms with Gasteiger partial charge in [0.05, 0.1) is 6.61 Å². The minimum absolute atomic E-state index is 0.137. The van der Waals surface area contributed by atoms with Crippen molar-refractivity contribution in [3.05, 3.63) is 65.5 Å². The molecular formula is C16H15FO2. The highest BCUT2D eigenvalue weighted by molar-refractivity contribution is 6.09. The van der Waals surface area contributed by atoms with Crippen LogP contribution in [0.15, 0.2) is 48.5 Å². The van der Waals surface area contributed by atoms with E-state index >= 15 is 0 Å². The molecule has 98 valence electrons. The summed E-state index contributed by atoms with van der Waals surface area (Å²) in [5.41, 5.74) is 1.01. The monoisotopic (exact) mass is 258 g/mol. The van der Waals surface area contributed by atoms with E-state index in [1.54, 1.807) is 18.2 Å². The zero-order valence-electron chi connectivity index (χ0n) is 10.7. The van der Waals surface area contributed by atoms with Crippen LogP contribution in [0.1, 0.15) is 29.3 Å². The van der Waals surface area contributed by atoms with E-state index in [2.05, 4.69) is 0 Å². The molecule has 0 saturated carbocycles. The van der Waals surface area contributed by atoms with Crippen molar-refractivity contribution in [2.45, 2.75) is 13.3 Å². The smallest absolute Gasteiger partial charge is 0.193 e. The Hall–Kier alpha value is -2.16. The molecule has 0 amide bonds. The summed E-state index contributed by atoms with van der Waals surface area (Å²) in [5.74, 6) is 0.188. The van der Waals surface area contributed by atoms with Gasteiger partial charge in [0.25, 0.3) is 0 Å². The second kappa shape index (κ2) is 6.14. The van der Waals surface area contributed by atoms with Crippen LogP contribution in [0.4, 0.5) is 4.39 Å². The van der Waals surface area contributed by atoms with E-state index in [0.717, 1.165) is 6.42 Å². The average Bonchev–Trinajstić information content (AvgIpc) is 2.45. The van der Waals surface area contributed by atoms with Gasteiger partial charge < -0.3 is 4.74 Å². The number of rotatable bonds is 5. The first-order valence-corrected chi connectivity index (χ1v) is 6.24. The molecule has 0 bridgehead atoms. The quantitative estimate of drug-likeness (QED) is 0.761. The number of ether oxygens (including phenoxy) is 1. The Kier molecular flexibility index (Phi) is 4.29. The summed E-state index contributed by atoms with van der Waals surface area (Å²) < 4.78 is 18.3. The number of hydrogen-bond donors (Lipinski definition) is 0. The van der Waals surface area contributed by atoms with Gasteiger partial charge >= 0.3 is 0 Å². The van der Waals surface area contributed by atoms with Crippen LogP contribution < -0.4 is 4.74 Å². The number of carbonyl (C=O) groups is 1. The lowest BCUT2D eigenvalue weighted by Crippen LogP contribution is -2.02. The summed E-state index contributed by atoms with van der Waals surface area (Å²) in [6.45, 7) is 2.64. The maximum Gasteiger partial charge on any atom is 0.193 e. The van der Waals surface area contributed by atoms with E-state index in [0.29, 0.717) is 23.5 Å². The summed E-state index contributed by atoms with van der Waals surface area (Å²) in [5, 5.41) is 0. The highest BCUT2D eigenvalue weighted by atomic mass is 19.1. The zero-order valence-corrected chi connectivity index (χ0v) is 10.7. The Bertz CT molecular complexity index is 561. The van der Waals surface area contributed by atoms with Gasteiger partial charge in [0.2, 0.25) is 0 Å². The normalized spacial score (nSPS) is 10.2. The number of benzene rings is 2. The molecule has 0 spiro atoms. The molecule has 0 heterocycles. The van der Waals surface area contributed by atoms with E-state index in [1.165, 1.54) is 24.3 Å². The molecule has 0 aliphatic rings. The summed E-state index contributed by atoms with van der Waals surface area (Å²) in [6.07, 6.45) is 0.913. The second-order valence-corrected chi connectivity index (χ2v) is 4.21. The van der Waals surface area contributed by atoms with Gasteiger partial charge in [-0.1, -0.05) is 19.1 Å². The van der Waals surface area contributed by atoms with Gasteiger partial charge in [-0.3, -0.25) is 4.79 Å². The van der Waals surface area contributed by atoms with Crippen LogP contribution in [0.5, 0.6) is 5.75 Å². The van der Waals surface area contributed by atoms with Crippen LogP contribution in [-0.2, 0) is 0 Å². The molecular weight excluding hydrogens is 243 g/mol. The van der Waals surface area contributed by atoms with Crippen LogP contribution in [0, 0.1) is 5.82 Å². The van der Waals surface area contributed by atoms with Gasteiger partial charge in [-0.15, -0.1) is 0 Å². The third-order valence-corrected chi connectivity index (χ3v) is 2.68. The van der Waals surface area contributed by atoms with Crippen LogP contribution >= 0.6 is 0 Å². The van der Waals surface area contributed by atoms with Crippen molar-refractivity contribution in [1.82, 2.24) is 0 Å². The molecule has 0 atom stereocenters. The molecule has 2 aromatic carbocycles. The van der Waals surface area contributed by atoms with Gasteiger partial charge in [-0.2, -0.15) is 0 Å². The Balaban J connectivity index is 2.21. The predicted octanol–water partition coefficient (Wildman–Crippen LogP) is 3.85. The fraction of sp³-hybridized carbons (Fsp3) is 0.188. The molecule has 0 aliphatic carbocycles. The molecule has 2 aromatic rings.